The van der Waals surface area contributed by atoms with E-state index in [-0.39, 0.29) is 42.3 Å². The zero-order valence-corrected chi connectivity index (χ0v) is 17.6. The maximum absolute atomic E-state index is 13.2. The molecule has 0 bridgehead atoms. The minimum absolute atomic E-state index is 0.0146. The van der Waals surface area contributed by atoms with Gasteiger partial charge in [0.15, 0.2) is 9.84 Å². The van der Waals surface area contributed by atoms with Crippen LogP contribution >= 0.6 is 0 Å². The number of benzene rings is 1. The third kappa shape index (κ3) is 2.90. The molecule has 3 aromatic rings. The monoisotopic (exact) mass is 446 g/mol. The molecule has 0 saturated carbocycles. The maximum atomic E-state index is 13.2. The quantitative estimate of drug-likeness (QED) is 0.601. The lowest BCUT2D eigenvalue weighted by Crippen LogP contribution is -2.67. The van der Waals surface area contributed by atoms with E-state index in [9.17, 15) is 17.6 Å². The normalized spacial score (nSPS) is 21.4. The van der Waals surface area contributed by atoms with Gasteiger partial charge in [0, 0.05) is 18.7 Å². The van der Waals surface area contributed by atoms with Gasteiger partial charge in [0.25, 0.3) is 5.91 Å². The van der Waals surface area contributed by atoms with Crippen LogP contribution in [0.1, 0.15) is 40.0 Å². The molecule has 1 spiro atoms. The zero-order chi connectivity index (χ0) is 22.0. The van der Waals surface area contributed by atoms with Crippen LogP contribution in [0.4, 0.5) is 4.39 Å². The lowest BCUT2D eigenvalue weighted by atomic mass is 9.82. The number of likely N-dealkylation sites (tertiary alicyclic amines) is 1. The molecule has 31 heavy (non-hydrogen) atoms. The Bertz CT molecular complexity index is 1260. The number of nitrogens with zero attached hydrogens (tertiary/aromatic N) is 4. The number of hydrogen-bond acceptors (Lipinski definition) is 8. The first-order valence-corrected chi connectivity index (χ1v) is 11.4. The van der Waals surface area contributed by atoms with Gasteiger partial charge in [0.05, 0.1) is 17.4 Å². The number of halogens is 1. The van der Waals surface area contributed by atoms with Crippen molar-refractivity contribution in [2.45, 2.75) is 30.9 Å². The Morgan fingerprint density at radius 2 is 1.87 bits per heavy atom. The molecule has 0 N–H and O–H groups in total. The zero-order valence-electron chi connectivity index (χ0n) is 16.8. The molecular formula is C20H19FN4O5S. The first-order chi connectivity index (χ1) is 14.7. The summed E-state index contributed by atoms with van der Waals surface area (Å²) in [5.74, 6) is -0.351. The van der Waals surface area contributed by atoms with Crippen molar-refractivity contribution in [1.82, 2.24) is 20.2 Å². The van der Waals surface area contributed by atoms with Crippen LogP contribution in [0, 0.1) is 19.7 Å². The van der Waals surface area contributed by atoms with Crippen LogP contribution in [-0.4, -0.2) is 58.1 Å². The van der Waals surface area contributed by atoms with Gasteiger partial charge in [-0.2, -0.15) is 4.98 Å². The van der Waals surface area contributed by atoms with Crippen molar-refractivity contribution in [2.24, 2.45) is 0 Å². The molecule has 1 atom stereocenters. The second kappa shape index (κ2) is 6.71. The van der Waals surface area contributed by atoms with E-state index < -0.39 is 20.5 Å². The van der Waals surface area contributed by atoms with Crippen LogP contribution in [0.2, 0.25) is 0 Å². The van der Waals surface area contributed by atoms with Gasteiger partial charge in [0.1, 0.15) is 21.9 Å². The SMILES string of the molecule is Cc1noc(C)c1C(=O)N1CC2(C1)C(c1nc(-c3ccc(F)cc3)no1)CCS2(=O)=O. The molecule has 9 nitrogen and oxygen atoms in total. The van der Waals surface area contributed by atoms with E-state index in [1.54, 1.807) is 13.8 Å². The van der Waals surface area contributed by atoms with Gasteiger partial charge < -0.3 is 13.9 Å². The summed E-state index contributed by atoms with van der Waals surface area (Å²) in [5.41, 5.74) is 1.39. The molecule has 2 saturated heterocycles. The molecule has 2 aliphatic heterocycles. The fraction of sp³-hybridized carbons (Fsp3) is 0.400. The number of aryl methyl sites for hydroxylation is 2. The highest BCUT2D eigenvalue weighted by Gasteiger charge is 2.64. The van der Waals surface area contributed by atoms with Crippen molar-refractivity contribution in [2.75, 3.05) is 18.8 Å². The summed E-state index contributed by atoms with van der Waals surface area (Å²) in [5, 5.41) is 7.74. The van der Waals surface area contributed by atoms with Crippen LogP contribution in [0.25, 0.3) is 11.4 Å². The number of sulfone groups is 1. The van der Waals surface area contributed by atoms with E-state index in [0.29, 0.717) is 29.0 Å². The molecule has 162 valence electrons. The molecule has 2 fully saturated rings. The summed E-state index contributed by atoms with van der Waals surface area (Å²) in [7, 11) is -3.47. The molecule has 2 aliphatic rings. The minimum Gasteiger partial charge on any atom is -0.361 e. The lowest BCUT2D eigenvalue weighted by molar-refractivity contribution is 0.0501. The first kappa shape index (κ1) is 19.9. The standard InChI is InChI=1S/C20H19FN4O5S/c1-11-16(12(2)29-23-11)19(26)25-9-20(10-25)15(7-8-31(20,27)28)18-22-17(24-30-18)13-3-5-14(21)6-4-13/h3-6,15H,7-10H2,1-2H3. The Balaban J connectivity index is 1.42. The summed E-state index contributed by atoms with van der Waals surface area (Å²) in [6, 6.07) is 5.63. The van der Waals surface area contributed by atoms with Crippen molar-refractivity contribution < 1.29 is 26.6 Å². The molecule has 1 unspecified atom stereocenters. The van der Waals surface area contributed by atoms with Crippen molar-refractivity contribution in [1.29, 1.82) is 0 Å². The van der Waals surface area contributed by atoms with Gasteiger partial charge in [0.2, 0.25) is 11.7 Å². The van der Waals surface area contributed by atoms with Crippen LogP contribution < -0.4 is 0 Å². The van der Waals surface area contributed by atoms with E-state index >= 15 is 0 Å². The predicted molar refractivity (Wildman–Crippen MR) is 105 cm³/mol. The Hall–Kier alpha value is -3.08. The number of amides is 1. The van der Waals surface area contributed by atoms with Gasteiger partial charge in [-0.3, -0.25) is 4.79 Å². The fourth-order valence-corrected chi connectivity index (χ4v) is 6.81. The smallest absolute Gasteiger partial charge is 0.259 e. The average Bonchev–Trinajstić information content (AvgIpc) is 3.36. The molecule has 0 radical (unpaired) electrons. The Morgan fingerprint density at radius 1 is 1.16 bits per heavy atom. The maximum Gasteiger partial charge on any atom is 0.259 e. The van der Waals surface area contributed by atoms with Gasteiger partial charge in [-0.05, 0) is 44.5 Å². The highest BCUT2D eigenvalue weighted by atomic mass is 32.2. The second-order valence-electron chi connectivity index (χ2n) is 8.05. The number of carbonyl (C=O) groups is 1. The number of hydrogen-bond donors (Lipinski definition) is 0. The number of carbonyl (C=O) groups excluding carboxylic acids is 1. The first-order valence-electron chi connectivity index (χ1n) is 9.76. The molecule has 11 heteroatoms. The molecule has 0 aliphatic carbocycles. The average molecular weight is 446 g/mol. The van der Waals surface area contributed by atoms with Crippen molar-refractivity contribution in [3.63, 3.8) is 0 Å². The number of aromatic nitrogens is 3. The summed E-state index contributed by atoms with van der Waals surface area (Å²) in [4.78, 5) is 18.8. The highest BCUT2D eigenvalue weighted by molar-refractivity contribution is 7.93. The lowest BCUT2D eigenvalue weighted by Gasteiger charge is -2.48. The molecular weight excluding hydrogens is 427 g/mol. The summed E-state index contributed by atoms with van der Waals surface area (Å²) in [6.45, 7) is 3.39. The van der Waals surface area contributed by atoms with E-state index in [1.165, 1.54) is 29.2 Å². The van der Waals surface area contributed by atoms with Gasteiger partial charge in [-0.25, -0.2) is 12.8 Å². The number of rotatable bonds is 3. The van der Waals surface area contributed by atoms with Crippen LogP contribution in [-0.2, 0) is 9.84 Å². The molecule has 4 heterocycles. The molecule has 2 aromatic heterocycles. The van der Waals surface area contributed by atoms with Crippen molar-refractivity contribution in [3.05, 3.63) is 53.0 Å². The van der Waals surface area contributed by atoms with Gasteiger partial charge in [-0.15, -0.1) is 0 Å². The topological polar surface area (TPSA) is 119 Å². The van der Waals surface area contributed by atoms with Gasteiger partial charge >= 0.3 is 0 Å². The van der Waals surface area contributed by atoms with Crippen molar-refractivity contribution in [3.8, 4) is 11.4 Å². The van der Waals surface area contributed by atoms with Gasteiger partial charge in [-0.1, -0.05) is 10.3 Å². The fourth-order valence-electron chi connectivity index (χ4n) is 4.50. The summed E-state index contributed by atoms with van der Waals surface area (Å²) < 4.78 is 48.4. The van der Waals surface area contributed by atoms with Crippen LogP contribution in [0.15, 0.2) is 33.3 Å². The largest absolute Gasteiger partial charge is 0.361 e. The van der Waals surface area contributed by atoms with E-state index in [4.69, 9.17) is 9.05 Å². The predicted octanol–water partition coefficient (Wildman–Crippen LogP) is 2.28. The molecule has 1 amide bonds. The van der Waals surface area contributed by atoms with Crippen molar-refractivity contribution >= 4 is 15.7 Å². The third-order valence-corrected chi connectivity index (χ3v) is 8.78. The summed E-state index contributed by atoms with van der Waals surface area (Å²) >= 11 is 0. The van der Waals surface area contributed by atoms with E-state index in [2.05, 4.69) is 15.3 Å². The molecule has 1 aromatic carbocycles. The summed E-state index contributed by atoms with van der Waals surface area (Å²) in [6.07, 6.45) is 0.334. The Morgan fingerprint density at radius 3 is 2.52 bits per heavy atom. The van der Waals surface area contributed by atoms with E-state index in [0.717, 1.165) is 0 Å². The van der Waals surface area contributed by atoms with E-state index in [1.807, 2.05) is 0 Å². The highest BCUT2D eigenvalue weighted by Crippen LogP contribution is 2.50. The Kier molecular flexibility index (Phi) is 4.30. The van der Waals surface area contributed by atoms with Crippen LogP contribution in [0.3, 0.4) is 0 Å². The molecule has 5 rings (SSSR count). The van der Waals surface area contributed by atoms with Crippen LogP contribution in [0.5, 0.6) is 0 Å². The second-order valence-corrected chi connectivity index (χ2v) is 10.5. The Labute approximate surface area is 177 Å². The minimum atomic E-state index is -3.47. The third-order valence-electron chi connectivity index (χ3n) is 6.22.